The number of nitriles is 1. The summed E-state index contributed by atoms with van der Waals surface area (Å²) >= 11 is 12.3. The van der Waals surface area contributed by atoms with Gasteiger partial charge in [-0.3, -0.25) is 14.7 Å². The Morgan fingerprint density at radius 1 is 1.17 bits per heavy atom. The number of H-pyrrole nitrogens is 1. The van der Waals surface area contributed by atoms with Gasteiger partial charge in [-0.05, 0) is 42.3 Å². The van der Waals surface area contributed by atoms with E-state index in [0.29, 0.717) is 43.5 Å². The molecule has 0 radical (unpaired) electrons. The summed E-state index contributed by atoms with van der Waals surface area (Å²) in [6.45, 7) is 0.270. The second kappa shape index (κ2) is 11.0. The highest BCUT2D eigenvalue weighted by atomic mass is 35.5. The standard InChI is InChI=1S/C26H22Cl2N4O4/c1-35-8-7-22(23(33)10-15-3-6-21-20(9-15)26(28)31-30-21)32-14-24(36-2)19(12-25(32)34)18-11-17(27)5-4-16(18)13-29/h3-6,9,11-12,14,22H,7-8,10H2,1-2H3,(H,30,31). The summed E-state index contributed by atoms with van der Waals surface area (Å²) in [7, 11) is 2.99. The molecule has 2 heterocycles. The van der Waals surface area contributed by atoms with Crippen LogP contribution in [0.25, 0.3) is 22.0 Å². The number of ether oxygens (including phenoxy) is 2. The van der Waals surface area contributed by atoms with Crippen LogP contribution in [0.1, 0.15) is 23.6 Å². The van der Waals surface area contributed by atoms with Crippen molar-refractivity contribution in [2.45, 2.75) is 18.9 Å². The maximum absolute atomic E-state index is 13.5. The zero-order valence-electron chi connectivity index (χ0n) is 19.5. The number of nitrogens with zero attached hydrogens (tertiary/aromatic N) is 3. The Balaban J connectivity index is 1.74. The van der Waals surface area contributed by atoms with Gasteiger partial charge in [0.1, 0.15) is 10.9 Å². The quantitative estimate of drug-likeness (QED) is 0.331. The summed E-state index contributed by atoms with van der Waals surface area (Å²) in [6, 6.07) is 12.8. The van der Waals surface area contributed by atoms with Crippen molar-refractivity contribution in [1.29, 1.82) is 5.26 Å². The number of hydrogen-bond acceptors (Lipinski definition) is 6. The SMILES string of the molecule is COCCC(C(=O)Cc1ccc2n[nH]c(Cl)c2c1)n1cc(OC)c(-c2cc(Cl)ccc2C#N)cc1=O. The van der Waals surface area contributed by atoms with E-state index in [1.54, 1.807) is 30.3 Å². The Hall–Kier alpha value is -3.64. The second-order valence-electron chi connectivity index (χ2n) is 8.13. The number of nitrogens with one attached hydrogen (secondary N) is 1. The summed E-state index contributed by atoms with van der Waals surface area (Å²) in [5.74, 6) is 0.151. The molecule has 8 nitrogen and oxygen atoms in total. The Kier molecular flexibility index (Phi) is 7.75. The Morgan fingerprint density at radius 3 is 2.69 bits per heavy atom. The minimum absolute atomic E-state index is 0.0786. The third-order valence-electron chi connectivity index (χ3n) is 5.91. The molecule has 0 saturated carbocycles. The fraction of sp³-hybridized carbons (Fsp3) is 0.231. The molecule has 10 heteroatoms. The lowest BCUT2D eigenvalue weighted by Crippen LogP contribution is -2.31. The van der Waals surface area contributed by atoms with E-state index >= 15 is 0 Å². The fourth-order valence-corrected chi connectivity index (χ4v) is 4.49. The molecule has 0 saturated heterocycles. The molecule has 0 spiro atoms. The number of ketones is 1. The normalized spacial score (nSPS) is 11.9. The lowest BCUT2D eigenvalue weighted by molar-refractivity contribution is -0.122. The smallest absolute Gasteiger partial charge is 0.252 e. The van der Waals surface area contributed by atoms with Gasteiger partial charge < -0.3 is 14.0 Å². The highest BCUT2D eigenvalue weighted by Gasteiger charge is 2.24. The number of benzene rings is 2. The molecule has 1 N–H and O–H groups in total. The molecule has 0 aliphatic rings. The van der Waals surface area contributed by atoms with Gasteiger partial charge >= 0.3 is 0 Å². The molecule has 0 aliphatic heterocycles. The monoisotopic (exact) mass is 524 g/mol. The molecule has 1 unspecified atom stereocenters. The number of hydrogen-bond donors (Lipinski definition) is 1. The number of carbonyl (C=O) groups excluding carboxylic acids is 1. The summed E-state index contributed by atoms with van der Waals surface area (Å²) in [5.41, 5.74) is 2.24. The van der Waals surface area contributed by atoms with Crippen LogP contribution in [-0.4, -0.2) is 41.4 Å². The Bertz CT molecular complexity index is 1540. The first kappa shape index (κ1) is 25.5. The number of aromatic nitrogens is 3. The van der Waals surface area contributed by atoms with Crippen molar-refractivity contribution in [3.63, 3.8) is 0 Å². The molecule has 0 amide bonds. The van der Waals surface area contributed by atoms with Crippen molar-refractivity contribution in [2.75, 3.05) is 20.8 Å². The van der Waals surface area contributed by atoms with Crippen LogP contribution < -0.4 is 10.3 Å². The average molecular weight is 525 g/mol. The van der Waals surface area contributed by atoms with Gasteiger partial charge in [0.05, 0.1) is 36.5 Å². The van der Waals surface area contributed by atoms with Crippen LogP contribution in [0.4, 0.5) is 0 Å². The molecule has 0 fully saturated rings. The molecular weight excluding hydrogens is 503 g/mol. The van der Waals surface area contributed by atoms with Crippen molar-refractivity contribution >= 4 is 39.9 Å². The predicted molar refractivity (Wildman–Crippen MR) is 138 cm³/mol. The minimum atomic E-state index is -0.800. The van der Waals surface area contributed by atoms with Crippen LogP contribution in [-0.2, 0) is 16.0 Å². The number of Topliss-reactive ketones (excluding diaryl/α,β-unsaturated/α-hetero) is 1. The second-order valence-corrected chi connectivity index (χ2v) is 8.95. The molecule has 1 atom stereocenters. The van der Waals surface area contributed by atoms with Gasteiger partial charge in [0.2, 0.25) is 0 Å². The van der Waals surface area contributed by atoms with Crippen LogP contribution in [0.15, 0.2) is 53.5 Å². The number of halogens is 2. The lowest BCUT2D eigenvalue weighted by atomic mass is 9.98. The lowest BCUT2D eigenvalue weighted by Gasteiger charge is -2.21. The van der Waals surface area contributed by atoms with Crippen molar-refractivity contribution in [3.8, 4) is 22.9 Å². The molecular formula is C26H22Cl2N4O4. The van der Waals surface area contributed by atoms with Crippen LogP contribution >= 0.6 is 23.2 Å². The van der Waals surface area contributed by atoms with Crippen molar-refractivity contribution in [1.82, 2.24) is 14.8 Å². The minimum Gasteiger partial charge on any atom is -0.495 e. The average Bonchev–Trinajstić information content (AvgIpc) is 3.24. The molecule has 2 aromatic carbocycles. The third-order valence-corrected chi connectivity index (χ3v) is 6.43. The fourth-order valence-electron chi connectivity index (χ4n) is 4.12. The summed E-state index contributed by atoms with van der Waals surface area (Å²) in [5, 5.41) is 17.9. The molecule has 0 aliphatic carbocycles. The number of rotatable bonds is 9. The number of fused-ring (bicyclic) bond motifs is 1. The largest absolute Gasteiger partial charge is 0.495 e. The maximum Gasteiger partial charge on any atom is 0.252 e. The van der Waals surface area contributed by atoms with Gasteiger partial charge in [-0.1, -0.05) is 29.3 Å². The molecule has 4 rings (SSSR count). The van der Waals surface area contributed by atoms with Gasteiger partial charge in [-0.25, -0.2) is 0 Å². The molecule has 2 aromatic heterocycles. The topological polar surface area (TPSA) is 110 Å². The summed E-state index contributed by atoms with van der Waals surface area (Å²) in [6.07, 6.45) is 1.86. The Labute approximate surface area is 217 Å². The van der Waals surface area contributed by atoms with Crippen molar-refractivity contribution < 1.29 is 14.3 Å². The molecule has 4 aromatic rings. The van der Waals surface area contributed by atoms with Crippen LogP contribution in [0, 0.1) is 11.3 Å². The summed E-state index contributed by atoms with van der Waals surface area (Å²) in [4.78, 5) is 26.7. The van der Waals surface area contributed by atoms with Crippen molar-refractivity contribution in [2.24, 2.45) is 0 Å². The highest BCUT2D eigenvalue weighted by Crippen LogP contribution is 2.33. The van der Waals surface area contributed by atoms with Crippen molar-refractivity contribution in [3.05, 3.63) is 80.3 Å². The first-order chi connectivity index (χ1) is 17.4. The molecule has 184 valence electrons. The van der Waals surface area contributed by atoms with E-state index in [0.717, 1.165) is 5.56 Å². The van der Waals surface area contributed by atoms with Gasteiger partial charge in [-0.2, -0.15) is 10.4 Å². The number of pyridine rings is 1. The number of carbonyl (C=O) groups is 1. The van der Waals surface area contributed by atoms with E-state index in [2.05, 4.69) is 16.3 Å². The zero-order valence-corrected chi connectivity index (χ0v) is 21.1. The van der Waals surface area contributed by atoms with Gasteiger partial charge in [0.15, 0.2) is 5.78 Å². The number of methoxy groups -OCH3 is 2. The Morgan fingerprint density at radius 2 is 1.97 bits per heavy atom. The van der Waals surface area contributed by atoms with Crippen LogP contribution in [0.5, 0.6) is 5.75 Å². The van der Waals surface area contributed by atoms with E-state index in [-0.39, 0.29) is 25.2 Å². The van der Waals surface area contributed by atoms with Gasteiger partial charge in [0.25, 0.3) is 5.56 Å². The van der Waals surface area contributed by atoms with E-state index in [1.807, 2.05) is 6.07 Å². The zero-order chi connectivity index (χ0) is 25.8. The molecule has 0 bridgehead atoms. The van der Waals surface area contributed by atoms with Crippen LogP contribution in [0.3, 0.4) is 0 Å². The number of aromatic amines is 1. The summed E-state index contributed by atoms with van der Waals surface area (Å²) < 4.78 is 12.1. The van der Waals surface area contributed by atoms with E-state index in [4.69, 9.17) is 32.7 Å². The predicted octanol–water partition coefficient (Wildman–Crippen LogP) is 4.97. The molecule has 36 heavy (non-hydrogen) atoms. The first-order valence-electron chi connectivity index (χ1n) is 11.0. The van der Waals surface area contributed by atoms with E-state index in [9.17, 15) is 14.9 Å². The maximum atomic E-state index is 13.5. The first-order valence-corrected chi connectivity index (χ1v) is 11.8. The van der Waals surface area contributed by atoms with Gasteiger partial charge in [-0.15, -0.1) is 0 Å². The van der Waals surface area contributed by atoms with E-state index in [1.165, 1.54) is 31.0 Å². The highest BCUT2D eigenvalue weighted by molar-refractivity contribution is 6.34. The van der Waals surface area contributed by atoms with Gasteiger partial charge in [0, 0.05) is 47.7 Å². The van der Waals surface area contributed by atoms with Crippen LogP contribution in [0.2, 0.25) is 10.2 Å². The third kappa shape index (κ3) is 5.14. The van der Waals surface area contributed by atoms with E-state index < -0.39 is 11.6 Å².